The largest absolute Gasteiger partial charge is 0.497 e. The van der Waals surface area contributed by atoms with Gasteiger partial charge in [-0.15, -0.1) is 11.7 Å². The number of anilines is 1. The SMILES string of the molecule is C=CCn1c(-c2ccc(OC)cc2)c(C)sc1=NNC(=O)Nc1ccccc1. The van der Waals surface area contributed by atoms with Crippen molar-refractivity contribution in [3.05, 3.63) is 76.9 Å². The number of ether oxygens (including phenoxy) is 1. The van der Waals surface area contributed by atoms with Gasteiger partial charge in [0.2, 0.25) is 4.80 Å². The Morgan fingerprint density at radius 2 is 1.93 bits per heavy atom. The molecule has 0 atom stereocenters. The van der Waals surface area contributed by atoms with Crippen LogP contribution in [0, 0.1) is 6.92 Å². The summed E-state index contributed by atoms with van der Waals surface area (Å²) in [6.07, 6.45) is 1.81. The summed E-state index contributed by atoms with van der Waals surface area (Å²) in [5.41, 5.74) is 5.36. The number of para-hydroxylation sites is 1. The van der Waals surface area contributed by atoms with Gasteiger partial charge in [-0.3, -0.25) is 0 Å². The fourth-order valence-electron chi connectivity index (χ4n) is 2.79. The highest BCUT2D eigenvalue weighted by molar-refractivity contribution is 7.09. The van der Waals surface area contributed by atoms with Gasteiger partial charge in [0.15, 0.2) is 0 Å². The molecule has 2 amide bonds. The Hall–Kier alpha value is -3.32. The molecule has 6 nitrogen and oxygen atoms in total. The zero-order valence-electron chi connectivity index (χ0n) is 15.8. The fourth-order valence-corrected chi connectivity index (χ4v) is 3.76. The van der Waals surface area contributed by atoms with E-state index in [-0.39, 0.29) is 0 Å². The van der Waals surface area contributed by atoms with E-state index >= 15 is 0 Å². The van der Waals surface area contributed by atoms with Crippen LogP contribution in [0.25, 0.3) is 11.3 Å². The van der Waals surface area contributed by atoms with Gasteiger partial charge in [-0.25, -0.2) is 10.2 Å². The first-order valence-electron chi connectivity index (χ1n) is 8.73. The number of thiazole rings is 1. The zero-order valence-corrected chi connectivity index (χ0v) is 16.6. The molecule has 1 heterocycles. The minimum atomic E-state index is -0.395. The highest BCUT2D eigenvalue weighted by Gasteiger charge is 2.12. The van der Waals surface area contributed by atoms with Gasteiger partial charge in [0, 0.05) is 17.1 Å². The summed E-state index contributed by atoms with van der Waals surface area (Å²) < 4.78 is 7.26. The number of rotatable bonds is 6. The maximum atomic E-state index is 12.1. The lowest BCUT2D eigenvalue weighted by atomic mass is 10.1. The number of hydrogen-bond donors (Lipinski definition) is 2. The average molecular weight is 395 g/mol. The summed E-state index contributed by atoms with van der Waals surface area (Å²) in [5.74, 6) is 0.802. The molecule has 0 saturated carbocycles. The minimum Gasteiger partial charge on any atom is -0.497 e. The number of aryl methyl sites for hydroxylation is 1. The monoisotopic (exact) mass is 394 g/mol. The Bertz CT molecular complexity index is 1020. The van der Waals surface area contributed by atoms with Crippen LogP contribution in [0.4, 0.5) is 10.5 Å². The number of allylic oxidation sites excluding steroid dienone is 1. The maximum Gasteiger partial charge on any atom is 0.339 e. The number of nitrogens with one attached hydrogen (secondary N) is 2. The summed E-state index contributed by atoms with van der Waals surface area (Å²) in [5, 5.41) is 7.06. The summed E-state index contributed by atoms with van der Waals surface area (Å²) >= 11 is 1.51. The Morgan fingerprint density at radius 1 is 1.21 bits per heavy atom. The molecule has 0 bridgehead atoms. The molecule has 1 aromatic heterocycles. The van der Waals surface area contributed by atoms with Gasteiger partial charge in [0.25, 0.3) is 0 Å². The van der Waals surface area contributed by atoms with Crippen LogP contribution in [0.5, 0.6) is 5.75 Å². The lowest BCUT2D eigenvalue weighted by molar-refractivity contribution is 0.252. The number of urea groups is 1. The number of carbonyl (C=O) groups excluding carboxylic acids is 1. The summed E-state index contributed by atoms with van der Waals surface area (Å²) in [6.45, 7) is 6.45. The van der Waals surface area contributed by atoms with Crippen molar-refractivity contribution in [3.63, 3.8) is 0 Å². The van der Waals surface area contributed by atoms with Crippen LogP contribution >= 0.6 is 11.3 Å². The van der Waals surface area contributed by atoms with Crippen LogP contribution in [0.1, 0.15) is 4.88 Å². The molecule has 0 radical (unpaired) electrons. The van der Waals surface area contributed by atoms with Crippen molar-refractivity contribution in [2.45, 2.75) is 13.5 Å². The van der Waals surface area contributed by atoms with E-state index in [2.05, 4.69) is 22.4 Å². The van der Waals surface area contributed by atoms with Crippen molar-refractivity contribution in [3.8, 4) is 17.0 Å². The third-order valence-electron chi connectivity index (χ3n) is 4.04. The van der Waals surface area contributed by atoms with Crippen molar-refractivity contribution >= 4 is 23.1 Å². The second kappa shape index (κ2) is 9.05. The molecule has 2 N–H and O–H groups in total. The van der Waals surface area contributed by atoms with E-state index in [4.69, 9.17) is 4.74 Å². The van der Waals surface area contributed by atoms with E-state index < -0.39 is 6.03 Å². The van der Waals surface area contributed by atoms with Crippen LogP contribution in [-0.2, 0) is 6.54 Å². The highest BCUT2D eigenvalue weighted by atomic mass is 32.1. The molecule has 3 rings (SSSR count). The van der Waals surface area contributed by atoms with Crippen LogP contribution in [-0.4, -0.2) is 17.7 Å². The molecule has 2 aromatic carbocycles. The van der Waals surface area contributed by atoms with Gasteiger partial charge in [0.1, 0.15) is 5.75 Å². The predicted molar refractivity (Wildman–Crippen MR) is 113 cm³/mol. The van der Waals surface area contributed by atoms with Gasteiger partial charge < -0.3 is 14.6 Å². The van der Waals surface area contributed by atoms with E-state index in [0.29, 0.717) is 17.0 Å². The summed E-state index contributed by atoms with van der Waals surface area (Å²) in [7, 11) is 1.64. The Kier molecular flexibility index (Phi) is 6.29. The van der Waals surface area contributed by atoms with Gasteiger partial charge in [-0.1, -0.05) is 35.6 Å². The molecule has 0 spiro atoms. The number of benzene rings is 2. The first-order valence-corrected chi connectivity index (χ1v) is 9.55. The van der Waals surface area contributed by atoms with Crippen molar-refractivity contribution in [2.24, 2.45) is 5.10 Å². The molecular weight excluding hydrogens is 372 g/mol. The molecule has 7 heteroatoms. The predicted octanol–water partition coefficient (Wildman–Crippen LogP) is 4.36. The van der Waals surface area contributed by atoms with E-state index in [1.165, 1.54) is 11.3 Å². The van der Waals surface area contributed by atoms with E-state index in [1.54, 1.807) is 7.11 Å². The average Bonchev–Trinajstić information content (AvgIpc) is 3.02. The topological polar surface area (TPSA) is 67.6 Å². The van der Waals surface area contributed by atoms with E-state index in [0.717, 1.165) is 21.9 Å². The lowest BCUT2D eigenvalue weighted by Gasteiger charge is -2.09. The second-order valence-electron chi connectivity index (χ2n) is 5.96. The van der Waals surface area contributed by atoms with Crippen LogP contribution in [0.2, 0.25) is 0 Å². The fraction of sp³-hybridized carbons (Fsp3) is 0.143. The first kappa shape index (κ1) is 19.4. The normalized spacial score (nSPS) is 11.1. The molecule has 0 aliphatic carbocycles. The molecule has 28 heavy (non-hydrogen) atoms. The Morgan fingerprint density at radius 3 is 2.57 bits per heavy atom. The molecule has 0 aliphatic rings. The molecular formula is C21H22N4O2S. The summed E-state index contributed by atoms with van der Waals surface area (Å²) in [6, 6.07) is 16.7. The number of carbonyl (C=O) groups is 1. The van der Waals surface area contributed by atoms with Crippen LogP contribution in [0.15, 0.2) is 72.4 Å². The van der Waals surface area contributed by atoms with Crippen molar-refractivity contribution in [1.82, 2.24) is 9.99 Å². The van der Waals surface area contributed by atoms with Crippen LogP contribution < -0.4 is 20.3 Å². The molecule has 0 fully saturated rings. The van der Waals surface area contributed by atoms with Gasteiger partial charge >= 0.3 is 6.03 Å². The smallest absolute Gasteiger partial charge is 0.339 e. The highest BCUT2D eigenvalue weighted by Crippen LogP contribution is 2.27. The second-order valence-corrected chi connectivity index (χ2v) is 7.14. The number of nitrogens with zero attached hydrogens (tertiary/aromatic N) is 2. The number of aromatic nitrogens is 1. The van der Waals surface area contributed by atoms with Crippen LogP contribution in [0.3, 0.4) is 0 Å². The number of hydrogen-bond acceptors (Lipinski definition) is 4. The van der Waals surface area contributed by atoms with E-state index in [9.17, 15) is 4.79 Å². The Balaban J connectivity index is 1.89. The summed E-state index contributed by atoms with van der Waals surface area (Å²) in [4.78, 5) is 13.9. The first-order chi connectivity index (χ1) is 13.6. The zero-order chi connectivity index (χ0) is 19.9. The molecule has 0 saturated heterocycles. The van der Waals surface area contributed by atoms with Gasteiger partial charge in [-0.2, -0.15) is 0 Å². The molecule has 3 aromatic rings. The lowest BCUT2D eigenvalue weighted by Crippen LogP contribution is -2.28. The Labute approximate surface area is 167 Å². The van der Waals surface area contributed by atoms with Gasteiger partial charge in [-0.05, 0) is 48.9 Å². The van der Waals surface area contributed by atoms with Crippen molar-refractivity contribution < 1.29 is 9.53 Å². The number of amides is 2. The molecule has 0 aliphatic heterocycles. The molecule has 0 unspecified atom stereocenters. The standard InChI is InChI=1S/C21H22N4O2S/c1-4-14-25-19(16-10-12-18(27-3)13-11-16)15(2)28-21(25)24-23-20(26)22-17-8-6-5-7-9-17/h4-13H,1,14H2,2-3H3,(H2,22,23,26). The maximum absolute atomic E-state index is 12.1. The third kappa shape index (κ3) is 4.50. The number of methoxy groups -OCH3 is 1. The third-order valence-corrected chi connectivity index (χ3v) is 5.03. The molecule has 144 valence electrons. The van der Waals surface area contributed by atoms with Crippen molar-refractivity contribution in [2.75, 3.05) is 12.4 Å². The van der Waals surface area contributed by atoms with Gasteiger partial charge in [0.05, 0.1) is 12.8 Å². The van der Waals surface area contributed by atoms with Crippen molar-refractivity contribution in [1.29, 1.82) is 0 Å². The quantitative estimate of drug-likeness (QED) is 0.482. The van der Waals surface area contributed by atoms with E-state index in [1.807, 2.05) is 72.2 Å². The minimum absolute atomic E-state index is 0.395.